The van der Waals surface area contributed by atoms with Crippen molar-refractivity contribution in [2.75, 3.05) is 12.8 Å². The minimum absolute atomic E-state index is 0.00629. The van der Waals surface area contributed by atoms with Gasteiger partial charge in [0.15, 0.2) is 5.69 Å². The van der Waals surface area contributed by atoms with Crippen LogP contribution < -0.4 is 10.1 Å². The first-order valence-corrected chi connectivity index (χ1v) is 15.7. The van der Waals surface area contributed by atoms with Crippen molar-refractivity contribution in [1.29, 1.82) is 0 Å². The van der Waals surface area contributed by atoms with E-state index in [-0.39, 0.29) is 66.3 Å². The zero-order valence-electron chi connectivity index (χ0n) is 23.9. The van der Waals surface area contributed by atoms with Crippen LogP contribution in [0.5, 0.6) is 5.75 Å². The van der Waals surface area contributed by atoms with Gasteiger partial charge in [-0.3, -0.25) is 14.3 Å². The van der Waals surface area contributed by atoms with Gasteiger partial charge in [0.25, 0.3) is 5.91 Å². The number of carboxylic acid groups (broad SMARTS) is 1. The van der Waals surface area contributed by atoms with Gasteiger partial charge in [0, 0.05) is 24.9 Å². The summed E-state index contributed by atoms with van der Waals surface area (Å²) in [5.74, 6) is -2.53. The number of halogens is 6. The summed E-state index contributed by atoms with van der Waals surface area (Å²) >= 11 is 6.52. The highest BCUT2D eigenvalue weighted by Gasteiger charge is 2.47. The molecule has 0 atom stereocenters. The Hall–Kier alpha value is -2.94. The highest BCUT2D eigenvalue weighted by Crippen LogP contribution is 2.43. The third kappa shape index (κ3) is 7.59. The summed E-state index contributed by atoms with van der Waals surface area (Å²) in [6.45, 7) is 0.0240. The highest BCUT2D eigenvalue weighted by atomic mass is 35.5. The molecule has 240 valence electrons. The van der Waals surface area contributed by atoms with Crippen LogP contribution in [0.3, 0.4) is 0 Å². The number of ether oxygens (including phenoxy) is 1. The Morgan fingerprint density at radius 1 is 1.23 bits per heavy atom. The van der Waals surface area contributed by atoms with Crippen molar-refractivity contribution >= 4 is 33.3 Å². The van der Waals surface area contributed by atoms with Crippen LogP contribution in [0.15, 0.2) is 18.2 Å². The molecule has 0 bridgehead atoms. The molecule has 3 rings (SSSR count). The molecule has 1 amide bonds. The number of carbonyl (C=O) groups is 2. The quantitative estimate of drug-likeness (QED) is 0.295. The maximum atomic E-state index is 13.4. The van der Waals surface area contributed by atoms with Crippen LogP contribution in [0.1, 0.15) is 62.5 Å². The number of hydrogen-bond donors (Lipinski definition) is 2. The van der Waals surface area contributed by atoms with Gasteiger partial charge in [0.1, 0.15) is 15.6 Å². The molecule has 1 fully saturated rings. The van der Waals surface area contributed by atoms with E-state index < -0.39 is 62.8 Å². The molecule has 2 N–H and O–H groups in total. The number of sulfone groups is 1. The SMILES string of the molecule is CCn1nc(C(=O)NC[C@]2(C(=O)O)CC[C@@H](S(C)(=O)=O)CC2)c(Cl)c1-c1ccc(CC(C)(C)C(F)(F)F)cc1OC(F)F. The highest BCUT2D eigenvalue weighted by molar-refractivity contribution is 7.91. The van der Waals surface area contributed by atoms with Crippen molar-refractivity contribution in [1.82, 2.24) is 15.1 Å². The fourth-order valence-electron chi connectivity index (χ4n) is 5.12. The number of hydrogen-bond acceptors (Lipinski definition) is 6. The number of alkyl halides is 5. The number of aliphatic carboxylic acids is 1. The average molecular weight is 658 g/mol. The predicted octanol–water partition coefficient (Wildman–Crippen LogP) is 5.74. The number of benzene rings is 1. The van der Waals surface area contributed by atoms with Crippen LogP contribution in [-0.4, -0.2) is 66.0 Å². The van der Waals surface area contributed by atoms with Crippen molar-refractivity contribution in [2.45, 2.75) is 77.5 Å². The van der Waals surface area contributed by atoms with Gasteiger partial charge in [0.05, 0.1) is 26.8 Å². The Bertz CT molecular complexity index is 1470. The molecular weight excluding hydrogens is 625 g/mol. The Kier molecular flexibility index (Phi) is 10.1. The second-order valence-corrected chi connectivity index (χ2v) is 14.1. The van der Waals surface area contributed by atoms with Gasteiger partial charge in [-0.05, 0) is 56.7 Å². The van der Waals surface area contributed by atoms with E-state index in [2.05, 4.69) is 15.2 Å². The molecule has 0 radical (unpaired) electrons. The Morgan fingerprint density at radius 2 is 1.84 bits per heavy atom. The lowest BCUT2D eigenvalue weighted by molar-refractivity contribution is -0.211. The first kappa shape index (κ1) is 34.5. The summed E-state index contributed by atoms with van der Waals surface area (Å²) in [7, 11) is -3.36. The maximum Gasteiger partial charge on any atom is 0.394 e. The van der Waals surface area contributed by atoms with Crippen LogP contribution in [0, 0.1) is 10.8 Å². The third-order valence-corrected chi connectivity index (χ3v) is 9.92. The van der Waals surface area contributed by atoms with Crippen molar-refractivity contribution in [2.24, 2.45) is 10.8 Å². The van der Waals surface area contributed by atoms with Gasteiger partial charge in [0.2, 0.25) is 0 Å². The lowest BCUT2D eigenvalue weighted by Gasteiger charge is -2.36. The van der Waals surface area contributed by atoms with Gasteiger partial charge >= 0.3 is 18.8 Å². The van der Waals surface area contributed by atoms with Gasteiger partial charge < -0.3 is 15.2 Å². The zero-order valence-corrected chi connectivity index (χ0v) is 25.5. The van der Waals surface area contributed by atoms with Crippen LogP contribution in [0.4, 0.5) is 22.0 Å². The van der Waals surface area contributed by atoms with Crippen molar-refractivity contribution < 1.29 is 49.8 Å². The van der Waals surface area contributed by atoms with E-state index in [1.807, 2.05) is 0 Å². The summed E-state index contributed by atoms with van der Waals surface area (Å²) in [5, 5.41) is 15.6. The van der Waals surface area contributed by atoms with Gasteiger partial charge in [-0.2, -0.15) is 27.1 Å². The van der Waals surface area contributed by atoms with E-state index in [1.54, 1.807) is 6.92 Å². The molecule has 0 unspecified atom stereocenters. The summed E-state index contributed by atoms with van der Waals surface area (Å²) in [4.78, 5) is 25.3. The largest absolute Gasteiger partial charge is 0.481 e. The number of aryl methyl sites for hydroxylation is 1. The Labute approximate surface area is 250 Å². The normalized spacial score (nSPS) is 19.8. The van der Waals surface area contributed by atoms with Crippen molar-refractivity contribution in [3.8, 4) is 17.0 Å². The molecule has 0 aliphatic heterocycles. The number of nitrogens with zero attached hydrogens (tertiary/aromatic N) is 2. The molecule has 1 aromatic heterocycles. The molecule has 16 heteroatoms. The molecule has 0 saturated heterocycles. The molecule has 1 aliphatic carbocycles. The molecule has 1 heterocycles. The summed E-state index contributed by atoms with van der Waals surface area (Å²) in [6, 6.07) is 3.63. The first-order chi connectivity index (χ1) is 19.7. The standard InChI is InChI=1S/C27H33ClF5N3O6S/c1-5-36-21(17-7-6-15(12-18(17)42-24(29)30)13-25(2,3)27(31,32)33)19(28)20(35-36)22(37)34-14-26(23(38)39)10-8-16(9-11-26)43(4,40)41/h6-7,12,16,24H,5,8-11,13-14H2,1-4H3,(H,34,37)(H,38,39)/t16-,26+. The Morgan fingerprint density at radius 3 is 2.33 bits per heavy atom. The van der Waals surface area contributed by atoms with Gasteiger partial charge in [-0.15, -0.1) is 0 Å². The monoisotopic (exact) mass is 657 g/mol. The number of amides is 1. The first-order valence-electron chi connectivity index (χ1n) is 13.3. The van der Waals surface area contributed by atoms with Crippen LogP contribution >= 0.6 is 11.6 Å². The predicted molar refractivity (Wildman–Crippen MR) is 148 cm³/mol. The summed E-state index contributed by atoms with van der Waals surface area (Å²) < 4.78 is 96.7. The molecule has 0 spiro atoms. The van der Waals surface area contributed by atoms with E-state index in [1.165, 1.54) is 16.8 Å². The average Bonchev–Trinajstić information content (AvgIpc) is 3.21. The van der Waals surface area contributed by atoms with Crippen molar-refractivity contribution in [3.63, 3.8) is 0 Å². The number of carboxylic acids is 1. The number of nitrogens with one attached hydrogen (secondary N) is 1. The molecule has 1 aliphatic rings. The topological polar surface area (TPSA) is 128 Å². The van der Waals surface area contributed by atoms with Crippen LogP contribution in [0.25, 0.3) is 11.3 Å². The smallest absolute Gasteiger partial charge is 0.394 e. The lowest BCUT2D eigenvalue weighted by Crippen LogP contribution is -2.47. The second kappa shape index (κ2) is 12.6. The van der Waals surface area contributed by atoms with E-state index >= 15 is 0 Å². The van der Waals surface area contributed by atoms with E-state index in [0.29, 0.717) is 0 Å². The molecule has 2 aromatic rings. The van der Waals surface area contributed by atoms with E-state index in [0.717, 1.165) is 26.2 Å². The molecule has 1 saturated carbocycles. The third-order valence-electron chi connectivity index (χ3n) is 7.88. The van der Waals surface area contributed by atoms with Crippen LogP contribution in [0.2, 0.25) is 5.02 Å². The number of carbonyl (C=O) groups excluding carboxylic acids is 1. The fourth-order valence-corrected chi connectivity index (χ4v) is 6.53. The molecule has 9 nitrogen and oxygen atoms in total. The van der Waals surface area contributed by atoms with E-state index in [9.17, 15) is 45.1 Å². The molecule has 43 heavy (non-hydrogen) atoms. The van der Waals surface area contributed by atoms with Gasteiger partial charge in [-0.25, -0.2) is 8.42 Å². The Balaban J connectivity index is 1.93. The van der Waals surface area contributed by atoms with E-state index in [4.69, 9.17) is 11.6 Å². The zero-order chi connectivity index (χ0) is 32.5. The lowest BCUT2D eigenvalue weighted by atomic mass is 9.74. The summed E-state index contributed by atoms with van der Waals surface area (Å²) in [6.07, 6.45) is -3.76. The maximum absolute atomic E-state index is 13.4. The number of rotatable bonds is 11. The fraction of sp³-hybridized carbons (Fsp3) is 0.593. The van der Waals surface area contributed by atoms with Crippen molar-refractivity contribution in [3.05, 3.63) is 34.5 Å². The molecular formula is C27H33ClF5N3O6S. The number of aromatic nitrogens is 2. The minimum Gasteiger partial charge on any atom is -0.481 e. The second-order valence-electron chi connectivity index (χ2n) is 11.4. The summed E-state index contributed by atoms with van der Waals surface area (Å²) in [5.41, 5.74) is -3.90. The molecule has 1 aromatic carbocycles. The van der Waals surface area contributed by atoms with Gasteiger partial charge in [-0.1, -0.05) is 31.5 Å². The minimum atomic E-state index is -4.56. The van der Waals surface area contributed by atoms with Crippen LogP contribution in [-0.2, 0) is 27.6 Å².